The van der Waals surface area contributed by atoms with Gasteiger partial charge in [0, 0.05) is 6.42 Å². The highest BCUT2D eigenvalue weighted by Crippen LogP contribution is 2.00. The minimum absolute atomic E-state index is 0.613. The third kappa shape index (κ3) is 5.17. The molecule has 1 atom stereocenters. The summed E-state index contributed by atoms with van der Waals surface area (Å²) in [5.74, 6) is 6.52. The van der Waals surface area contributed by atoms with Gasteiger partial charge in [0.2, 0.25) is 0 Å². The summed E-state index contributed by atoms with van der Waals surface area (Å²) in [6.07, 6.45) is 5.23. The molecule has 1 unspecified atom stereocenters. The van der Waals surface area contributed by atoms with Crippen LogP contribution in [0.1, 0.15) is 27.2 Å². The van der Waals surface area contributed by atoms with Crippen molar-refractivity contribution in [3.63, 3.8) is 0 Å². The van der Waals surface area contributed by atoms with Gasteiger partial charge >= 0.3 is 0 Å². The first-order valence-electron chi connectivity index (χ1n) is 3.33. The van der Waals surface area contributed by atoms with Crippen LogP contribution in [0.2, 0.25) is 0 Å². The van der Waals surface area contributed by atoms with Crippen molar-refractivity contribution in [3.8, 4) is 11.8 Å². The van der Waals surface area contributed by atoms with E-state index in [2.05, 4.69) is 30.9 Å². The molecule has 0 N–H and O–H groups in total. The van der Waals surface area contributed by atoms with Gasteiger partial charge in [0.1, 0.15) is 0 Å². The fourth-order valence-corrected chi connectivity index (χ4v) is 0.660. The molecule has 0 aliphatic carbocycles. The number of allylic oxidation sites excluding steroid dienone is 2. The van der Waals surface area contributed by atoms with Gasteiger partial charge in [0.25, 0.3) is 0 Å². The Morgan fingerprint density at radius 1 is 1.56 bits per heavy atom. The quantitative estimate of drug-likeness (QED) is 0.390. The Hall–Kier alpha value is -0.700. The fraction of sp³-hybridized carbons (Fsp3) is 0.556. The summed E-state index contributed by atoms with van der Waals surface area (Å²) in [4.78, 5) is 0. The summed E-state index contributed by atoms with van der Waals surface area (Å²) in [5.41, 5.74) is 0. The van der Waals surface area contributed by atoms with Gasteiger partial charge in [-0.3, -0.25) is 0 Å². The summed E-state index contributed by atoms with van der Waals surface area (Å²) in [6, 6.07) is 0. The molecule has 0 radical (unpaired) electrons. The second-order valence-electron chi connectivity index (χ2n) is 2.13. The first kappa shape index (κ1) is 8.30. The van der Waals surface area contributed by atoms with Gasteiger partial charge < -0.3 is 0 Å². The van der Waals surface area contributed by atoms with Crippen LogP contribution in [0, 0.1) is 17.8 Å². The zero-order valence-electron chi connectivity index (χ0n) is 6.44. The number of hydrogen-bond acceptors (Lipinski definition) is 0. The Morgan fingerprint density at radius 2 is 2.22 bits per heavy atom. The molecular formula is C9H14. The van der Waals surface area contributed by atoms with Crippen molar-refractivity contribution < 1.29 is 0 Å². The zero-order valence-corrected chi connectivity index (χ0v) is 6.44. The number of rotatable bonds is 2. The molecule has 0 saturated heterocycles. The molecule has 0 heteroatoms. The highest BCUT2D eigenvalue weighted by atomic mass is 13.9. The predicted molar refractivity (Wildman–Crippen MR) is 42.0 cm³/mol. The lowest BCUT2D eigenvalue weighted by Crippen LogP contribution is -1.84. The lowest BCUT2D eigenvalue weighted by Gasteiger charge is -1.95. The van der Waals surface area contributed by atoms with Gasteiger partial charge in [-0.05, 0) is 19.8 Å². The van der Waals surface area contributed by atoms with Crippen LogP contribution in [0.15, 0.2) is 12.2 Å². The third-order valence-electron chi connectivity index (χ3n) is 1.12. The first-order chi connectivity index (χ1) is 4.31. The number of hydrogen-bond donors (Lipinski definition) is 0. The lowest BCUT2D eigenvalue weighted by atomic mass is 10.1. The van der Waals surface area contributed by atoms with Crippen molar-refractivity contribution in [2.24, 2.45) is 5.92 Å². The highest BCUT2D eigenvalue weighted by molar-refractivity contribution is 4.99. The van der Waals surface area contributed by atoms with Crippen LogP contribution in [0.25, 0.3) is 0 Å². The molecule has 9 heavy (non-hydrogen) atoms. The van der Waals surface area contributed by atoms with Crippen molar-refractivity contribution in [2.45, 2.75) is 27.2 Å². The predicted octanol–water partition coefficient (Wildman–Crippen LogP) is 2.61. The maximum absolute atomic E-state index is 3.03. The van der Waals surface area contributed by atoms with E-state index >= 15 is 0 Å². The lowest BCUT2D eigenvalue weighted by molar-refractivity contribution is 0.758. The van der Waals surface area contributed by atoms with Gasteiger partial charge in [-0.1, -0.05) is 19.1 Å². The summed E-state index contributed by atoms with van der Waals surface area (Å²) < 4.78 is 0. The van der Waals surface area contributed by atoms with E-state index < -0.39 is 0 Å². The molecule has 0 aliphatic rings. The van der Waals surface area contributed by atoms with E-state index in [0.29, 0.717) is 5.92 Å². The smallest absolute Gasteiger partial charge is 0.0149 e. The molecule has 0 aromatic carbocycles. The van der Waals surface area contributed by atoms with Crippen LogP contribution >= 0.6 is 0 Å². The molecule has 0 spiro atoms. The average Bonchev–Trinajstić information content (AvgIpc) is 1.85. The SMILES string of the molecule is CC#CCC(C)C=CC. The van der Waals surface area contributed by atoms with Crippen molar-refractivity contribution in [2.75, 3.05) is 0 Å². The Kier molecular flexibility index (Phi) is 5.01. The summed E-state index contributed by atoms with van der Waals surface area (Å²) in [5, 5.41) is 0. The van der Waals surface area contributed by atoms with E-state index in [1.165, 1.54) is 0 Å². The second-order valence-corrected chi connectivity index (χ2v) is 2.13. The van der Waals surface area contributed by atoms with Gasteiger partial charge in [-0.2, -0.15) is 0 Å². The van der Waals surface area contributed by atoms with Crippen LogP contribution in [0.5, 0.6) is 0 Å². The van der Waals surface area contributed by atoms with Crippen molar-refractivity contribution in [3.05, 3.63) is 12.2 Å². The molecule has 0 aliphatic heterocycles. The molecule has 0 nitrogen and oxygen atoms in total. The molecule has 50 valence electrons. The minimum atomic E-state index is 0.613. The topological polar surface area (TPSA) is 0 Å². The van der Waals surface area contributed by atoms with E-state index in [0.717, 1.165) is 6.42 Å². The molecule has 0 amide bonds. The van der Waals surface area contributed by atoms with Crippen molar-refractivity contribution in [1.82, 2.24) is 0 Å². The fourth-order valence-electron chi connectivity index (χ4n) is 0.660. The van der Waals surface area contributed by atoms with E-state index in [1.807, 2.05) is 13.8 Å². The van der Waals surface area contributed by atoms with Crippen LogP contribution in [0.3, 0.4) is 0 Å². The Labute approximate surface area is 58.0 Å². The van der Waals surface area contributed by atoms with Crippen LogP contribution in [0.4, 0.5) is 0 Å². The van der Waals surface area contributed by atoms with Gasteiger partial charge in [0.05, 0.1) is 0 Å². The molecule has 0 bridgehead atoms. The normalized spacial score (nSPS) is 12.8. The summed E-state index contributed by atoms with van der Waals surface area (Å²) >= 11 is 0. The Morgan fingerprint density at radius 3 is 2.67 bits per heavy atom. The Balaban J connectivity index is 3.46. The summed E-state index contributed by atoms with van der Waals surface area (Å²) in [6.45, 7) is 6.09. The largest absolute Gasteiger partial charge is 0.107 e. The van der Waals surface area contributed by atoms with Crippen LogP contribution < -0.4 is 0 Å². The second kappa shape index (κ2) is 5.44. The molecule has 0 heterocycles. The average molecular weight is 122 g/mol. The molecule has 0 fully saturated rings. The maximum Gasteiger partial charge on any atom is 0.0149 e. The molecule has 0 saturated carbocycles. The highest BCUT2D eigenvalue weighted by Gasteiger charge is 1.89. The molecule has 0 aromatic rings. The molecule has 0 rings (SSSR count). The van der Waals surface area contributed by atoms with E-state index in [9.17, 15) is 0 Å². The Bertz CT molecular complexity index is 132. The van der Waals surface area contributed by atoms with Gasteiger partial charge in [-0.15, -0.1) is 11.8 Å². The van der Waals surface area contributed by atoms with E-state index in [1.54, 1.807) is 0 Å². The van der Waals surface area contributed by atoms with E-state index in [4.69, 9.17) is 0 Å². The first-order valence-corrected chi connectivity index (χ1v) is 3.33. The van der Waals surface area contributed by atoms with E-state index in [-0.39, 0.29) is 0 Å². The van der Waals surface area contributed by atoms with Crippen molar-refractivity contribution in [1.29, 1.82) is 0 Å². The van der Waals surface area contributed by atoms with Crippen LogP contribution in [-0.4, -0.2) is 0 Å². The van der Waals surface area contributed by atoms with Crippen LogP contribution in [-0.2, 0) is 0 Å². The molecular weight excluding hydrogens is 108 g/mol. The zero-order chi connectivity index (χ0) is 7.11. The molecule has 0 aromatic heterocycles. The summed E-state index contributed by atoms with van der Waals surface area (Å²) in [7, 11) is 0. The maximum atomic E-state index is 3.03. The third-order valence-corrected chi connectivity index (χ3v) is 1.12. The minimum Gasteiger partial charge on any atom is -0.107 e. The standard InChI is InChI=1S/C9H14/c1-4-6-8-9(3)7-5-2/h5,7,9H,8H2,1-3H3. The van der Waals surface area contributed by atoms with Crippen molar-refractivity contribution >= 4 is 0 Å². The monoisotopic (exact) mass is 122 g/mol. The van der Waals surface area contributed by atoms with Gasteiger partial charge in [0.15, 0.2) is 0 Å². The van der Waals surface area contributed by atoms with Gasteiger partial charge in [-0.25, -0.2) is 0 Å².